The molecule has 0 radical (unpaired) electrons. The zero-order valence-corrected chi connectivity index (χ0v) is 28.8. The second-order valence-electron chi connectivity index (χ2n) is 13.1. The Morgan fingerprint density at radius 2 is 0.953 bits per heavy atom. The molecule has 43 heavy (non-hydrogen) atoms. The first kappa shape index (κ1) is 42.1. The van der Waals surface area contributed by atoms with Crippen molar-refractivity contribution in [1.82, 2.24) is 5.32 Å². The van der Waals surface area contributed by atoms with Gasteiger partial charge >= 0.3 is 0 Å². The van der Waals surface area contributed by atoms with E-state index in [1.807, 2.05) is 0 Å². The first-order valence-electron chi connectivity index (χ1n) is 19.0. The molecular formula is C38H75NO4. The number of carbonyl (C=O) groups is 1. The maximum absolute atomic E-state index is 12.3. The minimum Gasteiger partial charge on any atom is -0.394 e. The summed E-state index contributed by atoms with van der Waals surface area (Å²) >= 11 is 0. The number of hydrogen-bond acceptors (Lipinski definition) is 4. The highest BCUT2D eigenvalue weighted by Crippen LogP contribution is 2.16. The van der Waals surface area contributed by atoms with Crippen LogP contribution in [0.3, 0.4) is 0 Å². The van der Waals surface area contributed by atoms with E-state index in [0.717, 1.165) is 51.4 Å². The molecule has 256 valence electrons. The molecule has 0 fully saturated rings. The maximum Gasteiger partial charge on any atom is 0.220 e. The Labute approximate surface area is 268 Å². The van der Waals surface area contributed by atoms with Crippen molar-refractivity contribution in [2.45, 2.75) is 218 Å². The normalized spacial score (nSPS) is 13.9. The summed E-state index contributed by atoms with van der Waals surface area (Å²) in [4.78, 5) is 12.3. The quantitative estimate of drug-likeness (QED) is 0.0432. The largest absolute Gasteiger partial charge is 0.394 e. The van der Waals surface area contributed by atoms with E-state index < -0.39 is 18.2 Å². The number of unbranched alkanes of at least 4 members (excludes halogenated alkanes) is 24. The Kier molecular flexibility index (Phi) is 33.3. The van der Waals surface area contributed by atoms with Gasteiger partial charge in [-0.2, -0.15) is 0 Å². The summed E-state index contributed by atoms with van der Waals surface area (Å²) in [5, 5.41) is 33.3. The van der Waals surface area contributed by atoms with Gasteiger partial charge in [0, 0.05) is 6.42 Å². The van der Waals surface area contributed by atoms with Gasteiger partial charge in [0.15, 0.2) is 0 Å². The van der Waals surface area contributed by atoms with Crippen LogP contribution in [0.1, 0.15) is 200 Å². The highest BCUT2D eigenvalue weighted by Gasteiger charge is 2.26. The van der Waals surface area contributed by atoms with E-state index >= 15 is 0 Å². The van der Waals surface area contributed by atoms with Crippen LogP contribution < -0.4 is 5.32 Å². The van der Waals surface area contributed by atoms with Gasteiger partial charge in [-0.3, -0.25) is 4.79 Å². The van der Waals surface area contributed by atoms with Gasteiger partial charge in [0.2, 0.25) is 5.91 Å². The molecular weight excluding hydrogens is 534 g/mol. The molecule has 0 aliphatic carbocycles. The number of nitrogens with one attached hydrogen (secondary N) is 1. The van der Waals surface area contributed by atoms with Gasteiger partial charge in [-0.05, 0) is 32.1 Å². The average molecular weight is 610 g/mol. The van der Waals surface area contributed by atoms with Crippen LogP contribution in [-0.2, 0) is 4.79 Å². The number of aliphatic hydroxyl groups excluding tert-OH is 3. The second kappa shape index (κ2) is 34.0. The molecule has 4 N–H and O–H groups in total. The first-order valence-corrected chi connectivity index (χ1v) is 19.0. The lowest BCUT2D eigenvalue weighted by Gasteiger charge is -2.26. The molecule has 0 aromatic heterocycles. The van der Waals surface area contributed by atoms with Gasteiger partial charge in [-0.1, -0.05) is 174 Å². The molecule has 0 aliphatic heterocycles. The molecule has 3 atom stereocenters. The maximum atomic E-state index is 12.3. The van der Waals surface area contributed by atoms with Crippen LogP contribution in [0, 0.1) is 0 Å². The van der Waals surface area contributed by atoms with Crippen LogP contribution in [0.4, 0.5) is 0 Å². The minimum absolute atomic E-state index is 0.159. The van der Waals surface area contributed by atoms with Crippen LogP contribution in [0.2, 0.25) is 0 Å². The Hall–Kier alpha value is -0.910. The molecule has 5 heteroatoms. The van der Waals surface area contributed by atoms with E-state index in [0.29, 0.717) is 12.8 Å². The van der Waals surface area contributed by atoms with Gasteiger partial charge < -0.3 is 20.6 Å². The van der Waals surface area contributed by atoms with Gasteiger partial charge in [-0.15, -0.1) is 0 Å². The fraction of sp³-hybridized carbons (Fsp3) is 0.921. The van der Waals surface area contributed by atoms with Crippen LogP contribution in [0.25, 0.3) is 0 Å². The van der Waals surface area contributed by atoms with Crippen molar-refractivity contribution in [3.05, 3.63) is 12.2 Å². The second-order valence-corrected chi connectivity index (χ2v) is 13.1. The number of carbonyl (C=O) groups excluding carboxylic acids is 1. The molecule has 0 aliphatic rings. The van der Waals surface area contributed by atoms with Crippen molar-refractivity contribution in [1.29, 1.82) is 0 Å². The van der Waals surface area contributed by atoms with Crippen molar-refractivity contribution < 1.29 is 20.1 Å². The summed E-state index contributed by atoms with van der Waals surface area (Å²) in [6.45, 7) is 4.12. The predicted molar refractivity (Wildman–Crippen MR) is 185 cm³/mol. The summed E-state index contributed by atoms with van der Waals surface area (Å²) in [7, 11) is 0. The van der Waals surface area contributed by atoms with Crippen LogP contribution >= 0.6 is 0 Å². The van der Waals surface area contributed by atoms with E-state index in [1.165, 1.54) is 122 Å². The smallest absolute Gasteiger partial charge is 0.220 e. The van der Waals surface area contributed by atoms with Gasteiger partial charge in [0.05, 0.1) is 18.8 Å². The standard InChI is InChI=1S/C38H75NO4/c1-3-5-7-9-11-13-15-16-17-18-19-20-21-22-23-24-26-28-30-32-36(41)38(43)35(34-40)39-37(42)33-31-29-27-25-14-12-10-8-6-4-2/h10,12,35-36,38,40-41,43H,3-9,11,13-34H2,1-2H3,(H,39,42)/b12-10-. The minimum atomic E-state index is -1.14. The highest BCUT2D eigenvalue weighted by atomic mass is 16.3. The Morgan fingerprint density at radius 3 is 1.42 bits per heavy atom. The third-order valence-corrected chi connectivity index (χ3v) is 8.87. The molecule has 0 heterocycles. The molecule has 0 saturated heterocycles. The van der Waals surface area contributed by atoms with E-state index in [9.17, 15) is 20.1 Å². The highest BCUT2D eigenvalue weighted by molar-refractivity contribution is 5.76. The summed E-state index contributed by atoms with van der Waals surface area (Å²) in [6.07, 6.45) is 37.4. The third-order valence-electron chi connectivity index (χ3n) is 8.87. The zero-order chi connectivity index (χ0) is 31.6. The molecule has 3 unspecified atom stereocenters. The Morgan fingerprint density at radius 1 is 0.558 bits per heavy atom. The lowest BCUT2D eigenvalue weighted by atomic mass is 9.99. The van der Waals surface area contributed by atoms with E-state index in [2.05, 4.69) is 31.3 Å². The van der Waals surface area contributed by atoms with Crippen molar-refractivity contribution in [3.63, 3.8) is 0 Å². The van der Waals surface area contributed by atoms with Gasteiger partial charge in [-0.25, -0.2) is 0 Å². The van der Waals surface area contributed by atoms with Crippen molar-refractivity contribution in [2.75, 3.05) is 6.61 Å². The van der Waals surface area contributed by atoms with Crippen LogP contribution in [0.15, 0.2) is 12.2 Å². The molecule has 0 bridgehead atoms. The lowest BCUT2D eigenvalue weighted by molar-refractivity contribution is -0.124. The topological polar surface area (TPSA) is 89.8 Å². The number of allylic oxidation sites excluding steroid dienone is 2. The summed E-state index contributed by atoms with van der Waals surface area (Å²) in [6, 6.07) is -0.809. The lowest BCUT2D eigenvalue weighted by Crippen LogP contribution is -2.50. The molecule has 0 spiro atoms. The summed E-state index contributed by atoms with van der Waals surface area (Å²) < 4.78 is 0. The molecule has 0 rings (SSSR count). The number of rotatable bonds is 34. The third kappa shape index (κ3) is 29.6. The Bertz CT molecular complexity index is 596. The van der Waals surface area contributed by atoms with E-state index in [4.69, 9.17) is 0 Å². The molecule has 1 amide bonds. The number of hydrogen-bond donors (Lipinski definition) is 4. The molecule has 0 saturated carbocycles. The first-order chi connectivity index (χ1) is 21.1. The monoisotopic (exact) mass is 610 g/mol. The van der Waals surface area contributed by atoms with Gasteiger partial charge in [0.25, 0.3) is 0 Å². The van der Waals surface area contributed by atoms with Gasteiger partial charge in [0.1, 0.15) is 6.10 Å². The fourth-order valence-electron chi connectivity index (χ4n) is 5.85. The van der Waals surface area contributed by atoms with E-state index in [1.54, 1.807) is 0 Å². The zero-order valence-electron chi connectivity index (χ0n) is 28.8. The SMILES string of the molecule is CCCC/C=C\CCCCCCC(=O)NC(CO)C(O)C(O)CCCCCCCCCCCCCCCCCCCCC. The Balaban J connectivity index is 3.62. The summed E-state index contributed by atoms with van der Waals surface area (Å²) in [5.41, 5.74) is 0. The number of amides is 1. The molecule has 0 aromatic rings. The van der Waals surface area contributed by atoms with Crippen LogP contribution in [-0.4, -0.2) is 46.1 Å². The van der Waals surface area contributed by atoms with Crippen LogP contribution in [0.5, 0.6) is 0 Å². The van der Waals surface area contributed by atoms with E-state index in [-0.39, 0.29) is 12.5 Å². The van der Waals surface area contributed by atoms with Crippen molar-refractivity contribution in [2.24, 2.45) is 0 Å². The average Bonchev–Trinajstić information content (AvgIpc) is 3.01. The predicted octanol–water partition coefficient (Wildman–Crippen LogP) is 10.1. The van der Waals surface area contributed by atoms with Crippen molar-refractivity contribution >= 4 is 5.91 Å². The molecule has 5 nitrogen and oxygen atoms in total. The van der Waals surface area contributed by atoms with Crippen molar-refractivity contribution in [3.8, 4) is 0 Å². The summed E-state index contributed by atoms with van der Waals surface area (Å²) in [5.74, 6) is -0.159. The molecule has 0 aromatic carbocycles. The fourth-order valence-corrected chi connectivity index (χ4v) is 5.85. The number of aliphatic hydroxyl groups is 3.